The topological polar surface area (TPSA) is 95.2 Å². The lowest BCUT2D eigenvalue weighted by molar-refractivity contribution is -0.137. The SMILES string of the molecule is COC(=O)Nc1cccc2c(-c3nc(NCCCCN(C)C)ncc3C(F)(F)F)c[nH]c12. The number of carbonyl (C=O) groups excluding carboxylic acids is 1. The van der Waals surface area contributed by atoms with Crippen LogP contribution in [-0.2, 0) is 10.9 Å². The Labute approximate surface area is 183 Å². The Kier molecular flexibility index (Phi) is 7.18. The van der Waals surface area contributed by atoms with Crippen molar-refractivity contribution in [1.82, 2.24) is 19.9 Å². The molecule has 0 aliphatic carbocycles. The van der Waals surface area contributed by atoms with Crippen LogP contribution in [0.5, 0.6) is 0 Å². The van der Waals surface area contributed by atoms with E-state index in [4.69, 9.17) is 0 Å². The van der Waals surface area contributed by atoms with Crippen LogP contribution in [-0.4, -0.2) is 60.2 Å². The van der Waals surface area contributed by atoms with Gasteiger partial charge in [0, 0.05) is 29.9 Å². The molecule has 0 aliphatic rings. The predicted molar refractivity (Wildman–Crippen MR) is 117 cm³/mol. The molecular weight excluding hydrogens is 425 g/mol. The maximum Gasteiger partial charge on any atom is 0.419 e. The minimum absolute atomic E-state index is 0.121. The number of aromatic amines is 1. The summed E-state index contributed by atoms with van der Waals surface area (Å²) in [6.07, 6.45) is -1.33. The largest absolute Gasteiger partial charge is 0.453 e. The summed E-state index contributed by atoms with van der Waals surface area (Å²) < 4.78 is 45.7. The minimum atomic E-state index is -4.63. The maximum atomic E-state index is 13.7. The fourth-order valence-corrected chi connectivity index (χ4v) is 3.25. The van der Waals surface area contributed by atoms with Crippen molar-refractivity contribution in [3.63, 3.8) is 0 Å². The number of methoxy groups -OCH3 is 1. The van der Waals surface area contributed by atoms with Crippen molar-refractivity contribution in [3.8, 4) is 11.3 Å². The zero-order chi connectivity index (χ0) is 23.3. The van der Waals surface area contributed by atoms with Crippen LogP contribution >= 0.6 is 0 Å². The molecule has 32 heavy (non-hydrogen) atoms. The van der Waals surface area contributed by atoms with Crippen molar-refractivity contribution >= 4 is 28.6 Å². The molecule has 3 aromatic rings. The van der Waals surface area contributed by atoms with Crippen molar-refractivity contribution in [1.29, 1.82) is 0 Å². The standard InChI is InChI=1S/C21H25F3N6O2/c1-30(2)10-5-4-9-25-19-27-12-15(21(22,23)24)17(29-19)14-11-26-18-13(14)7-6-8-16(18)28-20(31)32-3/h6-8,11-12,26H,4-5,9-10H2,1-3H3,(H,28,31)(H,25,27,29). The third-order valence-electron chi connectivity index (χ3n) is 4.80. The highest BCUT2D eigenvalue weighted by atomic mass is 19.4. The van der Waals surface area contributed by atoms with E-state index in [1.54, 1.807) is 18.2 Å². The Hall–Kier alpha value is -3.34. The third kappa shape index (κ3) is 5.47. The van der Waals surface area contributed by atoms with Gasteiger partial charge in [-0.05, 0) is 39.5 Å². The minimum Gasteiger partial charge on any atom is -0.453 e. The first-order chi connectivity index (χ1) is 15.2. The van der Waals surface area contributed by atoms with Crippen molar-refractivity contribution in [2.24, 2.45) is 0 Å². The molecule has 0 unspecified atom stereocenters. The van der Waals surface area contributed by atoms with Gasteiger partial charge in [-0.25, -0.2) is 14.8 Å². The number of carbonyl (C=O) groups is 1. The molecule has 0 bridgehead atoms. The quantitative estimate of drug-likeness (QED) is 0.435. The molecule has 2 heterocycles. The Morgan fingerprint density at radius 2 is 2.03 bits per heavy atom. The Morgan fingerprint density at radius 3 is 2.72 bits per heavy atom. The van der Waals surface area contributed by atoms with Gasteiger partial charge in [-0.1, -0.05) is 12.1 Å². The zero-order valence-electron chi connectivity index (χ0n) is 18.0. The first kappa shape index (κ1) is 23.3. The van der Waals surface area contributed by atoms with Crippen molar-refractivity contribution in [3.05, 3.63) is 36.2 Å². The third-order valence-corrected chi connectivity index (χ3v) is 4.80. The Balaban J connectivity index is 1.95. The Bertz CT molecular complexity index is 1080. The highest BCUT2D eigenvalue weighted by molar-refractivity contribution is 6.04. The summed E-state index contributed by atoms with van der Waals surface area (Å²) in [5.74, 6) is 0.121. The highest BCUT2D eigenvalue weighted by Crippen LogP contribution is 2.39. The van der Waals surface area contributed by atoms with Gasteiger partial charge in [0.2, 0.25) is 5.95 Å². The monoisotopic (exact) mass is 450 g/mol. The van der Waals surface area contributed by atoms with E-state index in [-0.39, 0.29) is 17.2 Å². The van der Waals surface area contributed by atoms with E-state index in [2.05, 4.69) is 35.2 Å². The second-order valence-corrected chi connectivity index (χ2v) is 7.44. The van der Waals surface area contributed by atoms with Crippen molar-refractivity contribution in [2.75, 3.05) is 44.9 Å². The number of amides is 1. The normalized spacial score (nSPS) is 11.7. The summed E-state index contributed by atoms with van der Waals surface area (Å²) in [4.78, 5) is 24.6. The molecule has 1 amide bonds. The van der Waals surface area contributed by atoms with E-state index in [1.165, 1.54) is 13.3 Å². The fourth-order valence-electron chi connectivity index (χ4n) is 3.25. The average molecular weight is 450 g/mol. The molecule has 11 heteroatoms. The number of unbranched alkanes of at least 4 members (excludes halogenated alkanes) is 1. The molecule has 0 atom stereocenters. The second-order valence-electron chi connectivity index (χ2n) is 7.44. The van der Waals surface area contributed by atoms with Crippen LogP contribution in [0.3, 0.4) is 0 Å². The lowest BCUT2D eigenvalue weighted by atomic mass is 10.1. The number of nitrogens with one attached hydrogen (secondary N) is 3. The maximum absolute atomic E-state index is 13.7. The second kappa shape index (κ2) is 9.86. The molecule has 2 aromatic heterocycles. The fraction of sp³-hybridized carbons (Fsp3) is 0.381. The van der Waals surface area contributed by atoms with E-state index in [9.17, 15) is 18.0 Å². The molecule has 0 fully saturated rings. The van der Waals surface area contributed by atoms with Gasteiger partial charge >= 0.3 is 12.3 Å². The van der Waals surface area contributed by atoms with Gasteiger partial charge in [-0.2, -0.15) is 13.2 Å². The summed E-state index contributed by atoms with van der Waals surface area (Å²) in [7, 11) is 5.18. The van der Waals surface area contributed by atoms with Gasteiger partial charge in [-0.3, -0.25) is 5.32 Å². The summed E-state index contributed by atoms with van der Waals surface area (Å²) in [6.45, 7) is 1.46. The smallest absolute Gasteiger partial charge is 0.419 e. The van der Waals surface area contributed by atoms with Crippen LogP contribution in [0.1, 0.15) is 18.4 Å². The highest BCUT2D eigenvalue weighted by Gasteiger charge is 2.36. The molecule has 3 rings (SSSR count). The van der Waals surface area contributed by atoms with Crippen LogP contribution in [0.4, 0.5) is 29.6 Å². The van der Waals surface area contributed by atoms with E-state index in [1.807, 2.05) is 14.1 Å². The number of nitrogens with zero attached hydrogens (tertiary/aromatic N) is 3. The van der Waals surface area contributed by atoms with Crippen LogP contribution in [0.2, 0.25) is 0 Å². The average Bonchev–Trinajstić information content (AvgIpc) is 3.17. The van der Waals surface area contributed by atoms with Crippen LogP contribution in [0.25, 0.3) is 22.2 Å². The van der Waals surface area contributed by atoms with E-state index in [0.29, 0.717) is 23.1 Å². The lowest BCUT2D eigenvalue weighted by Gasteiger charge is -2.14. The van der Waals surface area contributed by atoms with E-state index in [0.717, 1.165) is 25.6 Å². The molecule has 172 valence electrons. The number of benzene rings is 1. The van der Waals surface area contributed by atoms with Crippen molar-refractivity contribution in [2.45, 2.75) is 19.0 Å². The summed E-state index contributed by atoms with van der Waals surface area (Å²) >= 11 is 0. The number of aromatic nitrogens is 3. The summed E-state index contributed by atoms with van der Waals surface area (Å²) in [6, 6.07) is 4.90. The van der Waals surface area contributed by atoms with Crippen LogP contribution < -0.4 is 10.6 Å². The number of H-pyrrole nitrogens is 1. The lowest BCUT2D eigenvalue weighted by Crippen LogP contribution is -2.15. The number of alkyl halides is 3. The number of anilines is 2. The number of rotatable bonds is 8. The first-order valence-corrected chi connectivity index (χ1v) is 9.99. The van der Waals surface area contributed by atoms with Gasteiger partial charge in [0.25, 0.3) is 0 Å². The van der Waals surface area contributed by atoms with Crippen molar-refractivity contribution < 1.29 is 22.7 Å². The Morgan fingerprint density at radius 1 is 1.25 bits per heavy atom. The zero-order valence-corrected chi connectivity index (χ0v) is 18.0. The van der Waals surface area contributed by atoms with Gasteiger partial charge in [-0.15, -0.1) is 0 Å². The molecular formula is C21H25F3N6O2. The number of para-hydroxylation sites is 1. The molecule has 0 aliphatic heterocycles. The van der Waals surface area contributed by atoms with E-state index >= 15 is 0 Å². The van der Waals surface area contributed by atoms with Gasteiger partial charge < -0.3 is 19.9 Å². The number of hydrogen-bond donors (Lipinski definition) is 3. The van der Waals surface area contributed by atoms with Gasteiger partial charge in [0.05, 0.1) is 24.0 Å². The predicted octanol–water partition coefficient (Wildman–Crippen LogP) is 4.58. The van der Waals surface area contributed by atoms with Gasteiger partial charge in [0.1, 0.15) is 5.56 Å². The molecule has 0 spiro atoms. The molecule has 8 nitrogen and oxygen atoms in total. The first-order valence-electron chi connectivity index (χ1n) is 9.99. The summed E-state index contributed by atoms with van der Waals surface area (Å²) in [5.41, 5.74) is -0.105. The molecule has 0 radical (unpaired) electrons. The molecule has 1 aromatic carbocycles. The summed E-state index contributed by atoms with van der Waals surface area (Å²) in [5, 5.41) is 6.01. The molecule has 0 saturated carbocycles. The number of hydrogen-bond acceptors (Lipinski definition) is 6. The van der Waals surface area contributed by atoms with E-state index < -0.39 is 17.8 Å². The number of fused-ring (bicyclic) bond motifs is 1. The molecule has 0 saturated heterocycles. The van der Waals surface area contributed by atoms with Crippen LogP contribution in [0, 0.1) is 0 Å². The van der Waals surface area contributed by atoms with Crippen LogP contribution in [0.15, 0.2) is 30.6 Å². The number of halogens is 3. The number of ether oxygens (including phenoxy) is 1. The van der Waals surface area contributed by atoms with Gasteiger partial charge in [0.15, 0.2) is 0 Å². The molecule has 3 N–H and O–H groups in total.